The predicted molar refractivity (Wildman–Crippen MR) is 129 cm³/mol. The van der Waals surface area contributed by atoms with Crippen LogP contribution in [0.4, 0.5) is 0 Å². The molecule has 1 N–H and O–H groups in total. The SMILES string of the molecule is Cc1ccc(S(=O)C[C@@](C#N)(CO[Si](C)(C)C(C)(C)C)NC2(C#N)CCCCC2)cc1. The average molecular weight is 460 g/mol. The van der Waals surface area contributed by atoms with Crippen LogP contribution < -0.4 is 5.32 Å². The lowest BCUT2D eigenvalue weighted by atomic mass is 9.81. The summed E-state index contributed by atoms with van der Waals surface area (Å²) in [6, 6.07) is 12.4. The van der Waals surface area contributed by atoms with Gasteiger partial charge < -0.3 is 4.43 Å². The second kappa shape index (κ2) is 9.96. The van der Waals surface area contributed by atoms with Gasteiger partial charge in [0.15, 0.2) is 8.32 Å². The summed E-state index contributed by atoms with van der Waals surface area (Å²) in [5.74, 6) is 0.0879. The Morgan fingerprint density at radius 2 is 1.71 bits per heavy atom. The molecule has 0 heterocycles. The van der Waals surface area contributed by atoms with Crippen LogP contribution >= 0.6 is 0 Å². The molecule has 170 valence electrons. The number of rotatable bonds is 8. The fourth-order valence-electron chi connectivity index (χ4n) is 3.60. The first kappa shape index (κ1) is 25.7. The Morgan fingerprint density at radius 1 is 1.13 bits per heavy atom. The van der Waals surface area contributed by atoms with Gasteiger partial charge in [-0.3, -0.25) is 9.53 Å². The molecule has 0 aromatic heterocycles. The molecule has 31 heavy (non-hydrogen) atoms. The maximum Gasteiger partial charge on any atom is 0.192 e. The lowest BCUT2D eigenvalue weighted by Crippen LogP contribution is -2.63. The molecule has 1 aliphatic carbocycles. The van der Waals surface area contributed by atoms with Crippen molar-refractivity contribution >= 4 is 19.1 Å². The molecular weight excluding hydrogens is 422 g/mol. The van der Waals surface area contributed by atoms with Crippen LogP contribution in [-0.2, 0) is 15.2 Å². The Kier molecular flexibility index (Phi) is 8.27. The van der Waals surface area contributed by atoms with Crippen LogP contribution in [0, 0.1) is 29.6 Å². The van der Waals surface area contributed by atoms with Gasteiger partial charge >= 0.3 is 0 Å². The molecule has 1 aromatic carbocycles. The van der Waals surface area contributed by atoms with Crippen LogP contribution in [0.3, 0.4) is 0 Å². The molecule has 1 saturated carbocycles. The zero-order valence-corrected chi connectivity index (χ0v) is 21.7. The van der Waals surface area contributed by atoms with E-state index in [-0.39, 0.29) is 17.4 Å². The van der Waals surface area contributed by atoms with Crippen LogP contribution in [0.2, 0.25) is 18.1 Å². The van der Waals surface area contributed by atoms with E-state index in [1.54, 1.807) is 0 Å². The summed E-state index contributed by atoms with van der Waals surface area (Å²) in [6.45, 7) is 12.9. The fraction of sp³-hybridized carbons (Fsp3) is 0.667. The number of hydrogen-bond acceptors (Lipinski definition) is 5. The van der Waals surface area contributed by atoms with Crippen LogP contribution in [-0.4, -0.2) is 36.0 Å². The van der Waals surface area contributed by atoms with E-state index in [1.807, 2.05) is 31.2 Å². The van der Waals surface area contributed by atoms with Gasteiger partial charge in [0.25, 0.3) is 0 Å². The van der Waals surface area contributed by atoms with Crippen LogP contribution in [0.5, 0.6) is 0 Å². The molecule has 0 radical (unpaired) electrons. The molecule has 1 unspecified atom stereocenters. The van der Waals surface area contributed by atoms with E-state index >= 15 is 0 Å². The van der Waals surface area contributed by atoms with E-state index in [2.05, 4.69) is 51.3 Å². The van der Waals surface area contributed by atoms with Crippen molar-refractivity contribution in [3.63, 3.8) is 0 Å². The first-order valence-corrected chi connectivity index (χ1v) is 15.3. The van der Waals surface area contributed by atoms with E-state index in [4.69, 9.17) is 4.43 Å². The van der Waals surface area contributed by atoms with Crippen molar-refractivity contribution in [2.24, 2.45) is 0 Å². The molecule has 5 nitrogen and oxygen atoms in total. The van der Waals surface area contributed by atoms with Crippen molar-refractivity contribution < 1.29 is 8.63 Å². The Balaban J connectivity index is 2.36. The summed E-state index contributed by atoms with van der Waals surface area (Å²) in [6.07, 6.45) is 4.40. The topological polar surface area (TPSA) is 85.9 Å². The maximum absolute atomic E-state index is 13.3. The highest BCUT2D eigenvalue weighted by Crippen LogP contribution is 2.38. The molecule has 2 rings (SSSR count). The first-order valence-electron chi connectivity index (χ1n) is 11.1. The van der Waals surface area contributed by atoms with Gasteiger partial charge in [-0.05, 0) is 50.0 Å². The number of nitrogens with zero attached hydrogens (tertiary/aromatic N) is 2. The lowest BCUT2D eigenvalue weighted by molar-refractivity contribution is 0.170. The monoisotopic (exact) mass is 459 g/mol. The van der Waals surface area contributed by atoms with Crippen molar-refractivity contribution in [3.05, 3.63) is 29.8 Å². The molecular formula is C24H37N3O2SSi. The summed E-state index contributed by atoms with van der Waals surface area (Å²) in [5, 5.41) is 23.7. The number of nitrogens with one attached hydrogen (secondary N) is 1. The second-order valence-electron chi connectivity index (χ2n) is 10.4. The van der Waals surface area contributed by atoms with E-state index < -0.39 is 30.2 Å². The van der Waals surface area contributed by atoms with Crippen molar-refractivity contribution in [2.45, 2.75) is 93.9 Å². The molecule has 1 aliphatic rings. The Bertz CT molecular complexity index is 859. The third-order valence-corrected chi connectivity index (χ3v) is 12.8. The van der Waals surface area contributed by atoms with E-state index in [0.29, 0.717) is 17.7 Å². The van der Waals surface area contributed by atoms with E-state index in [1.165, 1.54) is 0 Å². The Morgan fingerprint density at radius 3 is 2.19 bits per heavy atom. The second-order valence-corrected chi connectivity index (χ2v) is 16.7. The molecule has 0 bridgehead atoms. The molecule has 0 aliphatic heterocycles. The summed E-state index contributed by atoms with van der Waals surface area (Å²) in [4.78, 5) is 0.689. The molecule has 0 spiro atoms. The third-order valence-electron chi connectivity index (χ3n) is 6.76. The van der Waals surface area contributed by atoms with Gasteiger partial charge in [-0.25, -0.2) is 0 Å². The quantitative estimate of drug-likeness (QED) is 0.540. The summed E-state index contributed by atoms with van der Waals surface area (Å²) in [7, 11) is -3.54. The number of nitriles is 2. The minimum absolute atomic E-state index is 0.0118. The van der Waals surface area contributed by atoms with Crippen molar-refractivity contribution in [3.8, 4) is 12.1 Å². The summed E-state index contributed by atoms with van der Waals surface area (Å²) in [5.41, 5.74) is -0.877. The number of hydrogen-bond donors (Lipinski definition) is 1. The molecule has 0 saturated heterocycles. The fourth-order valence-corrected chi connectivity index (χ4v) is 5.92. The van der Waals surface area contributed by atoms with Gasteiger partial charge in [0, 0.05) is 4.90 Å². The zero-order chi connectivity index (χ0) is 23.3. The van der Waals surface area contributed by atoms with E-state index in [0.717, 1.165) is 24.8 Å². The smallest absolute Gasteiger partial charge is 0.192 e. The van der Waals surface area contributed by atoms with Gasteiger partial charge in [0.05, 0.1) is 35.3 Å². The number of benzene rings is 1. The third kappa shape index (κ3) is 6.49. The minimum atomic E-state index is -2.14. The summed E-state index contributed by atoms with van der Waals surface area (Å²) >= 11 is 0. The van der Waals surface area contributed by atoms with Crippen molar-refractivity contribution in [1.82, 2.24) is 5.32 Å². The highest BCUT2D eigenvalue weighted by atomic mass is 32.2. The van der Waals surface area contributed by atoms with Crippen molar-refractivity contribution in [2.75, 3.05) is 12.4 Å². The lowest BCUT2D eigenvalue weighted by Gasteiger charge is -2.42. The molecule has 1 aromatic rings. The van der Waals surface area contributed by atoms with E-state index in [9.17, 15) is 14.7 Å². The Labute approximate surface area is 191 Å². The highest BCUT2D eigenvalue weighted by molar-refractivity contribution is 7.85. The van der Waals surface area contributed by atoms with Gasteiger partial charge in [0.2, 0.25) is 0 Å². The zero-order valence-electron chi connectivity index (χ0n) is 19.9. The molecule has 2 atom stereocenters. The Hall–Kier alpha value is -1.51. The average Bonchev–Trinajstić information content (AvgIpc) is 2.72. The molecule has 1 fully saturated rings. The van der Waals surface area contributed by atoms with Gasteiger partial charge in [0.1, 0.15) is 11.1 Å². The van der Waals surface area contributed by atoms with Crippen molar-refractivity contribution in [1.29, 1.82) is 10.5 Å². The minimum Gasteiger partial charge on any atom is -0.414 e. The van der Waals surface area contributed by atoms with Crippen LogP contribution in [0.1, 0.15) is 58.4 Å². The van der Waals surface area contributed by atoms with Crippen LogP contribution in [0.25, 0.3) is 0 Å². The van der Waals surface area contributed by atoms with Gasteiger partial charge in [-0.2, -0.15) is 10.5 Å². The predicted octanol–water partition coefficient (Wildman–Crippen LogP) is 5.20. The van der Waals surface area contributed by atoms with Gasteiger partial charge in [-0.1, -0.05) is 57.7 Å². The summed E-state index contributed by atoms with van der Waals surface area (Å²) < 4.78 is 19.7. The number of aryl methyl sites for hydroxylation is 1. The highest BCUT2D eigenvalue weighted by Gasteiger charge is 2.46. The largest absolute Gasteiger partial charge is 0.414 e. The maximum atomic E-state index is 13.3. The van der Waals surface area contributed by atoms with Crippen LogP contribution in [0.15, 0.2) is 29.2 Å². The standard InChI is InChI=1S/C24H37N3O2SSi/c1-20-10-12-21(13-11-20)30(28)19-24(17-26,18-29-31(5,6)22(2,3)4)27-23(16-25)14-8-7-9-15-23/h10-13,27H,7-9,14-15,18-19H2,1-6H3/t24-,30?/m1/s1. The molecule has 0 amide bonds. The molecule has 7 heteroatoms. The normalized spacial score (nSPS) is 19.6. The first-order chi connectivity index (χ1) is 14.4. The van der Waals surface area contributed by atoms with Gasteiger partial charge in [-0.15, -0.1) is 0 Å².